The molecule has 1 saturated heterocycles. The Morgan fingerprint density at radius 3 is 2.46 bits per heavy atom. The van der Waals surface area contributed by atoms with E-state index in [4.69, 9.17) is 19.4 Å². The van der Waals surface area contributed by atoms with E-state index in [1.165, 1.54) is 0 Å². The first-order valence-corrected chi connectivity index (χ1v) is 9.46. The van der Waals surface area contributed by atoms with E-state index < -0.39 is 0 Å². The van der Waals surface area contributed by atoms with Crippen LogP contribution in [0.3, 0.4) is 0 Å². The summed E-state index contributed by atoms with van der Waals surface area (Å²) in [5.41, 5.74) is 3.13. The summed E-state index contributed by atoms with van der Waals surface area (Å²) < 4.78 is 10.7. The van der Waals surface area contributed by atoms with E-state index in [1.54, 1.807) is 7.11 Å². The minimum absolute atomic E-state index is 0.624. The number of benzene rings is 2. The van der Waals surface area contributed by atoms with Crippen molar-refractivity contribution in [3.63, 3.8) is 0 Å². The fourth-order valence-electron chi connectivity index (χ4n) is 3.15. The molecular weight excluding hydrogens is 352 g/mol. The molecule has 0 saturated carbocycles. The molecule has 4 rings (SSSR count). The van der Waals surface area contributed by atoms with Gasteiger partial charge in [0.15, 0.2) is 0 Å². The maximum Gasteiger partial charge on any atom is 0.225 e. The maximum atomic E-state index is 5.48. The molecule has 6 nitrogen and oxygen atoms in total. The van der Waals surface area contributed by atoms with Crippen LogP contribution in [0.5, 0.6) is 5.75 Å². The molecule has 3 aromatic rings. The van der Waals surface area contributed by atoms with Gasteiger partial charge in [-0.05, 0) is 17.7 Å². The third-order valence-electron chi connectivity index (χ3n) is 4.73. The molecule has 28 heavy (non-hydrogen) atoms. The lowest BCUT2D eigenvalue weighted by Gasteiger charge is -2.28. The van der Waals surface area contributed by atoms with Crippen LogP contribution >= 0.6 is 0 Å². The van der Waals surface area contributed by atoms with E-state index in [-0.39, 0.29) is 0 Å². The first-order chi connectivity index (χ1) is 13.8. The highest BCUT2D eigenvalue weighted by molar-refractivity contribution is 5.65. The number of morpholine rings is 1. The number of aromatic nitrogens is 2. The van der Waals surface area contributed by atoms with Gasteiger partial charge in [-0.15, -0.1) is 0 Å². The van der Waals surface area contributed by atoms with Crippen molar-refractivity contribution in [2.75, 3.05) is 43.6 Å². The summed E-state index contributed by atoms with van der Waals surface area (Å²) in [6.45, 7) is 3.76. The van der Waals surface area contributed by atoms with E-state index >= 15 is 0 Å². The summed E-state index contributed by atoms with van der Waals surface area (Å²) in [4.78, 5) is 11.7. The highest BCUT2D eigenvalue weighted by Gasteiger charge is 2.15. The zero-order chi connectivity index (χ0) is 19.2. The molecule has 2 aromatic carbocycles. The van der Waals surface area contributed by atoms with Gasteiger partial charge in [0.05, 0.1) is 26.0 Å². The summed E-state index contributed by atoms with van der Waals surface area (Å²) in [6, 6.07) is 20.2. The minimum atomic E-state index is 0.624. The van der Waals surface area contributed by atoms with E-state index in [2.05, 4.69) is 28.4 Å². The number of hydrogen-bond acceptors (Lipinski definition) is 6. The highest BCUT2D eigenvalue weighted by Crippen LogP contribution is 2.24. The van der Waals surface area contributed by atoms with Gasteiger partial charge in [0, 0.05) is 31.3 Å². The van der Waals surface area contributed by atoms with Crippen molar-refractivity contribution < 1.29 is 9.47 Å². The molecule has 0 atom stereocenters. The van der Waals surface area contributed by atoms with E-state index in [0.717, 1.165) is 54.7 Å². The smallest absolute Gasteiger partial charge is 0.225 e. The van der Waals surface area contributed by atoms with Crippen LogP contribution < -0.4 is 15.0 Å². The minimum Gasteiger partial charge on any atom is -0.497 e. The number of nitrogens with one attached hydrogen (secondary N) is 1. The molecule has 144 valence electrons. The molecule has 0 bridgehead atoms. The fourth-order valence-corrected chi connectivity index (χ4v) is 3.15. The Morgan fingerprint density at radius 2 is 1.75 bits per heavy atom. The molecule has 0 spiro atoms. The lowest BCUT2D eigenvalue weighted by atomic mass is 10.1. The number of ether oxygens (including phenoxy) is 2. The molecule has 0 amide bonds. The predicted octanol–water partition coefficient (Wildman–Crippen LogP) is 3.60. The molecular formula is C22H24N4O2. The number of hydrogen-bond donors (Lipinski definition) is 1. The summed E-state index contributed by atoms with van der Waals surface area (Å²) >= 11 is 0. The topological polar surface area (TPSA) is 59.5 Å². The Kier molecular flexibility index (Phi) is 5.68. The average molecular weight is 376 g/mol. The lowest BCUT2D eigenvalue weighted by Crippen LogP contribution is -2.36. The van der Waals surface area contributed by atoms with Gasteiger partial charge in [-0.3, -0.25) is 0 Å². The Labute approximate surface area is 165 Å². The van der Waals surface area contributed by atoms with Crippen LogP contribution in [0.1, 0.15) is 5.56 Å². The summed E-state index contributed by atoms with van der Waals surface area (Å²) in [5.74, 6) is 2.40. The predicted molar refractivity (Wildman–Crippen MR) is 111 cm³/mol. The van der Waals surface area contributed by atoms with Crippen molar-refractivity contribution in [1.82, 2.24) is 9.97 Å². The Hall–Kier alpha value is -3.12. The molecule has 1 aromatic heterocycles. The second-order valence-corrected chi connectivity index (χ2v) is 6.60. The lowest BCUT2D eigenvalue weighted by molar-refractivity contribution is 0.122. The average Bonchev–Trinajstić information content (AvgIpc) is 2.79. The Morgan fingerprint density at radius 1 is 1.00 bits per heavy atom. The monoisotopic (exact) mass is 376 g/mol. The quantitative estimate of drug-likeness (QED) is 0.709. The molecule has 1 aliphatic rings. The summed E-state index contributed by atoms with van der Waals surface area (Å²) in [6.07, 6.45) is 0. The van der Waals surface area contributed by atoms with Crippen molar-refractivity contribution in [3.8, 4) is 17.0 Å². The van der Waals surface area contributed by atoms with Gasteiger partial charge in [-0.25, -0.2) is 4.98 Å². The summed E-state index contributed by atoms with van der Waals surface area (Å²) in [5, 5.41) is 3.37. The first-order valence-electron chi connectivity index (χ1n) is 9.46. The van der Waals surface area contributed by atoms with Crippen molar-refractivity contribution >= 4 is 11.8 Å². The zero-order valence-electron chi connectivity index (χ0n) is 16.0. The van der Waals surface area contributed by atoms with Crippen LogP contribution in [0, 0.1) is 0 Å². The summed E-state index contributed by atoms with van der Waals surface area (Å²) in [7, 11) is 1.67. The largest absolute Gasteiger partial charge is 0.497 e. The standard InChI is InChI=1S/C22H24N4O2/c1-27-19-9-7-17(8-10-19)16-23-22-24-20(18-5-3-2-4-6-18)15-21(25-22)26-11-13-28-14-12-26/h2-10,15H,11-14,16H2,1H3,(H,23,24,25). The number of anilines is 2. The second-order valence-electron chi connectivity index (χ2n) is 6.60. The van der Waals surface area contributed by atoms with Crippen LogP contribution in [0.4, 0.5) is 11.8 Å². The van der Waals surface area contributed by atoms with Crippen molar-refractivity contribution in [2.24, 2.45) is 0 Å². The SMILES string of the molecule is COc1ccc(CNc2nc(-c3ccccc3)cc(N3CCOCC3)n2)cc1. The number of nitrogens with zero attached hydrogens (tertiary/aromatic N) is 3. The van der Waals surface area contributed by atoms with Crippen LogP contribution in [0.15, 0.2) is 60.7 Å². The molecule has 1 fully saturated rings. The fraction of sp³-hybridized carbons (Fsp3) is 0.273. The second kappa shape index (κ2) is 8.71. The first kappa shape index (κ1) is 18.3. The van der Waals surface area contributed by atoms with Gasteiger partial charge < -0.3 is 19.7 Å². The molecule has 0 unspecified atom stereocenters. The van der Waals surface area contributed by atoms with Gasteiger partial charge in [-0.1, -0.05) is 42.5 Å². The van der Waals surface area contributed by atoms with Gasteiger partial charge >= 0.3 is 0 Å². The van der Waals surface area contributed by atoms with E-state index in [0.29, 0.717) is 12.5 Å². The molecule has 0 radical (unpaired) electrons. The number of rotatable bonds is 6. The van der Waals surface area contributed by atoms with Gasteiger partial charge in [0.2, 0.25) is 5.95 Å². The zero-order valence-corrected chi connectivity index (χ0v) is 16.0. The maximum absolute atomic E-state index is 5.48. The third kappa shape index (κ3) is 4.40. The molecule has 1 aliphatic heterocycles. The third-order valence-corrected chi connectivity index (χ3v) is 4.73. The van der Waals surface area contributed by atoms with Crippen LogP contribution in [0.25, 0.3) is 11.3 Å². The van der Waals surface area contributed by atoms with Gasteiger partial charge in [-0.2, -0.15) is 4.98 Å². The molecule has 1 N–H and O–H groups in total. The Bertz CT molecular complexity index is 894. The van der Waals surface area contributed by atoms with Crippen molar-refractivity contribution in [2.45, 2.75) is 6.54 Å². The van der Waals surface area contributed by atoms with Crippen molar-refractivity contribution in [3.05, 3.63) is 66.2 Å². The van der Waals surface area contributed by atoms with Crippen LogP contribution in [-0.4, -0.2) is 43.4 Å². The number of methoxy groups -OCH3 is 1. The van der Waals surface area contributed by atoms with Gasteiger partial charge in [0.1, 0.15) is 11.6 Å². The van der Waals surface area contributed by atoms with Crippen LogP contribution in [0.2, 0.25) is 0 Å². The van der Waals surface area contributed by atoms with E-state index in [9.17, 15) is 0 Å². The van der Waals surface area contributed by atoms with Crippen LogP contribution in [-0.2, 0) is 11.3 Å². The van der Waals surface area contributed by atoms with Gasteiger partial charge in [0.25, 0.3) is 0 Å². The highest BCUT2D eigenvalue weighted by atomic mass is 16.5. The molecule has 0 aliphatic carbocycles. The normalized spacial score (nSPS) is 14.0. The Balaban J connectivity index is 1.59. The molecule has 2 heterocycles. The van der Waals surface area contributed by atoms with E-state index in [1.807, 2.05) is 42.5 Å². The van der Waals surface area contributed by atoms with Crippen molar-refractivity contribution in [1.29, 1.82) is 0 Å². The molecule has 6 heteroatoms.